The Kier molecular flexibility index (Phi) is 4.32. The van der Waals surface area contributed by atoms with Crippen LogP contribution in [0.5, 0.6) is 0 Å². The summed E-state index contributed by atoms with van der Waals surface area (Å²) >= 11 is 5.81. The Hall–Kier alpha value is -0.640. The second-order valence-corrected chi connectivity index (χ2v) is 3.61. The van der Waals surface area contributed by atoms with E-state index in [-0.39, 0.29) is 18.5 Å². The molecule has 2 N–H and O–H groups in total. The topological polar surface area (TPSA) is 32.3 Å². The second-order valence-electron chi connectivity index (χ2n) is 3.20. The first-order valence-corrected chi connectivity index (χ1v) is 4.79. The quantitative estimate of drug-likeness (QED) is 0.808. The zero-order chi connectivity index (χ0) is 10.6. The van der Waals surface area contributed by atoms with Crippen molar-refractivity contribution in [2.45, 2.75) is 19.5 Å². The highest BCUT2D eigenvalue weighted by atomic mass is 35.5. The number of nitrogens with one attached hydrogen (secondary N) is 1. The van der Waals surface area contributed by atoms with Gasteiger partial charge in [-0.25, -0.2) is 4.39 Å². The third kappa shape index (κ3) is 3.25. The van der Waals surface area contributed by atoms with Crippen molar-refractivity contribution in [1.82, 2.24) is 5.32 Å². The summed E-state index contributed by atoms with van der Waals surface area (Å²) in [7, 11) is 0. The van der Waals surface area contributed by atoms with E-state index >= 15 is 0 Å². The molecule has 0 heterocycles. The molecular formula is C10H13ClFNO. The van der Waals surface area contributed by atoms with E-state index in [2.05, 4.69) is 5.32 Å². The van der Waals surface area contributed by atoms with Crippen molar-refractivity contribution in [3.05, 3.63) is 34.6 Å². The van der Waals surface area contributed by atoms with Crippen LogP contribution in [-0.2, 0) is 6.54 Å². The van der Waals surface area contributed by atoms with Crippen molar-refractivity contribution in [3.63, 3.8) is 0 Å². The van der Waals surface area contributed by atoms with Crippen LogP contribution < -0.4 is 5.32 Å². The van der Waals surface area contributed by atoms with Crippen LogP contribution in [0.1, 0.15) is 12.5 Å². The number of aliphatic hydroxyl groups excluding tert-OH is 1. The zero-order valence-electron chi connectivity index (χ0n) is 7.93. The molecule has 0 aliphatic rings. The Bertz CT molecular complexity index is 306. The number of rotatable bonds is 4. The molecule has 0 aliphatic heterocycles. The van der Waals surface area contributed by atoms with Gasteiger partial charge in [0.25, 0.3) is 0 Å². The Labute approximate surface area is 87.7 Å². The SMILES string of the molecule is C[C@@H](CO)NCc1ccc(F)cc1Cl. The van der Waals surface area contributed by atoms with E-state index in [1.54, 1.807) is 6.07 Å². The van der Waals surface area contributed by atoms with E-state index in [1.807, 2.05) is 6.92 Å². The molecule has 2 nitrogen and oxygen atoms in total. The molecule has 78 valence electrons. The zero-order valence-corrected chi connectivity index (χ0v) is 8.68. The van der Waals surface area contributed by atoms with Gasteiger partial charge in [0.1, 0.15) is 5.82 Å². The summed E-state index contributed by atoms with van der Waals surface area (Å²) in [4.78, 5) is 0. The van der Waals surface area contributed by atoms with Crippen molar-refractivity contribution in [2.24, 2.45) is 0 Å². The van der Waals surface area contributed by atoms with Crippen molar-refractivity contribution < 1.29 is 9.50 Å². The molecule has 0 spiro atoms. The summed E-state index contributed by atoms with van der Waals surface area (Å²) in [5.41, 5.74) is 0.827. The predicted octanol–water partition coefficient (Wildman–Crippen LogP) is 1.95. The molecule has 0 radical (unpaired) electrons. The minimum atomic E-state index is -0.339. The lowest BCUT2D eigenvalue weighted by atomic mass is 10.2. The maximum atomic E-state index is 12.7. The van der Waals surface area contributed by atoms with E-state index in [4.69, 9.17) is 16.7 Å². The molecule has 1 atom stereocenters. The molecular weight excluding hydrogens is 205 g/mol. The molecule has 14 heavy (non-hydrogen) atoms. The van der Waals surface area contributed by atoms with Crippen LogP contribution in [0, 0.1) is 5.82 Å². The third-order valence-corrected chi connectivity index (χ3v) is 2.28. The summed E-state index contributed by atoms with van der Waals surface area (Å²) < 4.78 is 12.7. The number of halogens is 2. The first-order chi connectivity index (χ1) is 6.63. The van der Waals surface area contributed by atoms with Gasteiger partial charge in [0.2, 0.25) is 0 Å². The van der Waals surface area contributed by atoms with Crippen LogP contribution in [0.15, 0.2) is 18.2 Å². The van der Waals surface area contributed by atoms with Crippen LogP contribution in [0.4, 0.5) is 4.39 Å². The number of hydrogen-bond donors (Lipinski definition) is 2. The largest absolute Gasteiger partial charge is 0.395 e. The minimum absolute atomic E-state index is 0.0103. The van der Waals surface area contributed by atoms with Gasteiger partial charge in [-0.3, -0.25) is 0 Å². The summed E-state index contributed by atoms with van der Waals surface area (Å²) in [5, 5.41) is 12.2. The van der Waals surface area contributed by atoms with Crippen molar-refractivity contribution in [1.29, 1.82) is 0 Å². The van der Waals surface area contributed by atoms with Gasteiger partial charge < -0.3 is 10.4 Å². The van der Waals surface area contributed by atoms with Gasteiger partial charge in [-0.15, -0.1) is 0 Å². The van der Waals surface area contributed by atoms with Crippen LogP contribution >= 0.6 is 11.6 Å². The van der Waals surface area contributed by atoms with Gasteiger partial charge >= 0.3 is 0 Å². The molecule has 0 aliphatic carbocycles. The molecule has 4 heteroatoms. The number of hydrogen-bond acceptors (Lipinski definition) is 2. The van der Waals surface area contributed by atoms with Crippen LogP contribution in [0.25, 0.3) is 0 Å². The van der Waals surface area contributed by atoms with Crippen LogP contribution in [0.3, 0.4) is 0 Å². The first-order valence-electron chi connectivity index (χ1n) is 4.41. The molecule has 0 fully saturated rings. The molecule has 1 rings (SSSR count). The molecule has 0 amide bonds. The van der Waals surface area contributed by atoms with Gasteiger partial charge in [0.15, 0.2) is 0 Å². The van der Waals surface area contributed by atoms with Gasteiger partial charge in [-0.2, -0.15) is 0 Å². The first kappa shape index (κ1) is 11.4. The molecule has 0 aromatic heterocycles. The fourth-order valence-corrected chi connectivity index (χ4v) is 1.25. The van der Waals surface area contributed by atoms with Crippen molar-refractivity contribution >= 4 is 11.6 Å². The number of benzene rings is 1. The second kappa shape index (κ2) is 5.29. The highest BCUT2D eigenvalue weighted by Crippen LogP contribution is 2.16. The third-order valence-electron chi connectivity index (χ3n) is 1.93. The molecule has 1 aromatic rings. The summed E-state index contributed by atoms with van der Waals surface area (Å²) in [6.45, 7) is 2.46. The predicted molar refractivity (Wildman–Crippen MR) is 54.8 cm³/mol. The van der Waals surface area contributed by atoms with E-state index in [0.717, 1.165) is 5.56 Å². The van der Waals surface area contributed by atoms with Gasteiger partial charge in [-0.1, -0.05) is 17.7 Å². The normalized spacial score (nSPS) is 12.9. The smallest absolute Gasteiger partial charge is 0.124 e. The molecule has 0 saturated carbocycles. The van der Waals surface area contributed by atoms with Gasteiger partial charge in [-0.05, 0) is 24.6 Å². The maximum Gasteiger partial charge on any atom is 0.124 e. The number of aliphatic hydroxyl groups is 1. The summed E-state index contributed by atoms with van der Waals surface area (Å²) in [5.74, 6) is -0.339. The monoisotopic (exact) mass is 217 g/mol. The Balaban J connectivity index is 2.59. The Morgan fingerprint density at radius 1 is 1.57 bits per heavy atom. The van der Waals surface area contributed by atoms with E-state index in [9.17, 15) is 4.39 Å². The lowest BCUT2D eigenvalue weighted by Gasteiger charge is -2.11. The standard InChI is InChI=1S/C10H13ClFNO/c1-7(6-14)13-5-8-2-3-9(12)4-10(8)11/h2-4,7,13-14H,5-6H2,1H3/t7-/m0/s1. The Morgan fingerprint density at radius 2 is 2.29 bits per heavy atom. The highest BCUT2D eigenvalue weighted by molar-refractivity contribution is 6.31. The van der Waals surface area contributed by atoms with Gasteiger partial charge in [0.05, 0.1) is 6.61 Å². The summed E-state index contributed by atoms with van der Waals surface area (Å²) in [6, 6.07) is 4.29. The lowest BCUT2D eigenvalue weighted by molar-refractivity contribution is 0.251. The minimum Gasteiger partial charge on any atom is -0.395 e. The van der Waals surface area contributed by atoms with Crippen LogP contribution in [-0.4, -0.2) is 17.8 Å². The fraction of sp³-hybridized carbons (Fsp3) is 0.400. The summed E-state index contributed by atoms with van der Waals surface area (Å²) in [6.07, 6.45) is 0. The Morgan fingerprint density at radius 3 is 2.86 bits per heavy atom. The lowest BCUT2D eigenvalue weighted by Crippen LogP contribution is -2.28. The molecule has 0 bridgehead atoms. The fourth-order valence-electron chi connectivity index (χ4n) is 1.01. The van der Waals surface area contributed by atoms with Crippen molar-refractivity contribution in [2.75, 3.05) is 6.61 Å². The maximum absolute atomic E-state index is 12.7. The van der Waals surface area contributed by atoms with E-state index in [1.165, 1.54) is 12.1 Å². The highest BCUT2D eigenvalue weighted by Gasteiger charge is 2.03. The van der Waals surface area contributed by atoms with E-state index < -0.39 is 0 Å². The molecule has 0 unspecified atom stereocenters. The van der Waals surface area contributed by atoms with Crippen LogP contribution in [0.2, 0.25) is 5.02 Å². The van der Waals surface area contributed by atoms with Gasteiger partial charge in [0, 0.05) is 17.6 Å². The average Bonchev–Trinajstić information content (AvgIpc) is 2.16. The van der Waals surface area contributed by atoms with Crippen molar-refractivity contribution in [3.8, 4) is 0 Å². The molecule has 0 saturated heterocycles. The van der Waals surface area contributed by atoms with E-state index in [0.29, 0.717) is 11.6 Å². The average molecular weight is 218 g/mol. The molecule has 1 aromatic carbocycles.